The van der Waals surface area contributed by atoms with Crippen LogP contribution in [0.25, 0.3) is 22.6 Å². The van der Waals surface area contributed by atoms with E-state index in [0.29, 0.717) is 5.75 Å². The lowest BCUT2D eigenvalue weighted by Crippen LogP contribution is -2.25. The average molecular weight is 304 g/mol. The maximum atomic E-state index is 9.51. The van der Waals surface area contributed by atoms with Gasteiger partial charge in [0.2, 0.25) is 0 Å². The third-order valence-electron chi connectivity index (χ3n) is 4.69. The maximum Gasteiger partial charge on any atom is 0.116 e. The van der Waals surface area contributed by atoms with E-state index in [1.54, 1.807) is 12.1 Å². The molecule has 0 atom stereocenters. The van der Waals surface area contributed by atoms with Crippen LogP contribution in [-0.4, -0.2) is 23.3 Å². The molecule has 0 fully saturated rings. The van der Waals surface area contributed by atoms with Gasteiger partial charge in [0.25, 0.3) is 0 Å². The smallest absolute Gasteiger partial charge is 0.116 e. The van der Waals surface area contributed by atoms with E-state index in [9.17, 15) is 5.11 Å². The second-order valence-corrected chi connectivity index (χ2v) is 6.39. The van der Waals surface area contributed by atoms with Gasteiger partial charge in [0.1, 0.15) is 11.6 Å². The molecule has 1 aliphatic heterocycles. The van der Waals surface area contributed by atoms with Crippen LogP contribution in [0.2, 0.25) is 0 Å². The molecule has 116 valence electrons. The summed E-state index contributed by atoms with van der Waals surface area (Å²) in [6.07, 6.45) is 2.30. The van der Waals surface area contributed by atoms with E-state index in [1.807, 2.05) is 12.1 Å². The molecular formula is C20H20N2O. The van der Waals surface area contributed by atoms with Crippen molar-refractivity contribution in [3.05, 3.63) is 59.2 Å². The van der Waals surface area contributed by atoms with Gasteiger partial charge in [-0.1, -0.05) is 23.8 Å². The van der Waals surface area contributed by atoms with Crippen LogP contribution in [0.4, 0.5) is 5.82 Å². The largest absolute Gasteiger partial charge is 0.508 e. The van der Waals surface area contributed by atoms with Crippen LogP contribution in [0.3, 0.4) is 0 Å². The van der Waals surface area contributed by atoms with E-state index in [2.05, 4.69) is 54.8 Å². The SMILES string of the molecule is Cc1ccc2c(c1)c1c(n2C)N(C)CC(c2ccc(O)cc2)=C1. The minimum atomic E-state index is 0.306. The van der Waals surface area contributed by atoms with E-state index in [4.69, 9.17) is 0 Å². The highest BCUT2D eigenvalue weighted by Gasteiger charge is 2.22. The standard InChI is InChI=1S/C20H20N2O/c1-13-4-9-19-17(10-13)18-11-15(12-21(2)20(18)22(19)3)14-5-7-16(23)8-6-14/h4-11,23H,12H2,1-3H3. The Labute approximate surface area is 136 Å². The molecule has 0 radical (unpaired) electrons. The zero-order valence-electron chi connectivity index (χ0n) is 13.7. The molecule has 1 aliphatic rings. The molecule has 23 heavy (non-hydrogen) atoms. The molecule has 0 saturated heterocycles. The van der Waals surface area contributed by atoms with Crippen molar-refractivity contribution in [2.75, 3.05) is 18.5 Å². The molecule has 2 aromatic carbocycles. The maximum absolute atomic E-state index is 9.51. The first kappa shape index (κ1) is 13.9. The predicted molar refractivity (Wildman–Crippen MR) is 96.9 cm³/mol. The fraction of sp³-hybridized carbons (Fsp3) is 0.200. The molecule has 3 nitrogen and oxygen atoms in total. The molecule has 1 N–H and O–H groups in total. The summed E-state index contributed by atoms with van der Waals surface area (Å²) in [6, 6.07) is 14.1. The van der Waals surface area contributed by atoms with E-state index in [-0.39, 0.29) is 0 Å². The van der Waals surface area contributed by atoms with Crippen LogP contribution in [0.1, 0.15) is 16.7 Å². The summed E-state index contributed by atoms with van der Waals surface area (Å²) < 4.78 is 2.27. The Bertz CT molecular complexity index is 932. The number of phenolic OH excluding ortho intramolecular Hbond substituents is 1. The van der Waals surface area contributed by atoms with Gasteiger partial charge in [0.15, 0.2) is 0 Å². The Morgan fingerprint density at radius 3 is 2.48 bits per heavy atom. The van der Waals surface area contributed by atoms with Gasteiger partial charge in [-0.2, -0.15) is 0 Å². The molecule has 0 bridgehead atoms. The number of phenols is 1. The van der Waals surface area contributed by atoms with Gasteiger partial charge in [-0.15, -0.1) is 0 Å². The predicted octanol–water partition coefficient (Wildman–Crippen LogP) is 4.18. The van der Waals surface area contributed by atoms with Gasteiger partial charge in [-0.25, -0.2) is 0 Å². The molecule has 2 heterocycles. The third-order valence-corrected chi connectivity index (χ3v) is 4.69. The van der Waals surface area contributed by atoms with Crippen molar-refractivity contribution in [1.29, 1.82) is 0 Å². The summed E-state index contributed by atoms with van der Waals surface area (Å²) in [4.78, 5) is 2.30. The number of hydrogen-bond acceptors (Lipinski definition) is 2. The van der Waals surface area contributed by atoms with E-state index >= 15 is 0 Å². The summed E-state index contributed by atoms with van der Waals surface area (Å²) in [5.74, 6) is 1.56. The van der Waals surface area contributed by atoms with Crippen molar-refractivity contribution in [3.8, 4) is 5.75 Å². The molecule has 3 aromatic rings. The average Bonchev–Trinajstić information content (AvgIpc) is 2.81. The molecule has 4 rings (SSSR count). The van der Waals surface area contributed by atoms with Crippen molar-refractivity contribution < 1.29 is 5.11 Å². The van der Waals surface area contributed by atoms with E-state index < -0.39 is 0 Å². The molecule has 0 saturated carbocycles. The first-order chi connectivity index (χ1) is 11.0. The number of anilines is 1. The molecule has 0 amide bonds. The highest BCUT2D eigenvalue weighted by atomic mass is 16.3. The number of benzene rings is 2. The Balaban J connectivity index is 1.96. The van der Waals surface area contributed by atoms with Crippen LogP contribution in [-0.2, 0) is 7.05 Å². The fourth-order valence-electron chi connectivity index (χ4n) is 3.58. The number of likely N-dealkylation sites (N-methyl/N-ethyl adjacent to an activating group) is 1. The van der Waals surface area contributed by atoms with Gasteiger partial charge >= 0.3 is 0 Å². The van der Waals surface area contributed by atoms with Crippen LogP contribution in [0.5, 0.6) is 5.75 Å². The lowest BCUT2D eigenvalue weighted by atomic mass is 9.98. The van der Waals surface area contributed by atoms with Gasteiger partial charge < -0.3 is 14.6 Å². The monoisotopic (exact) mass is 304 g/mol. The van der Waals surface area contributed by atoms with Gasteiger partial charge in [-0.3, -0.25) is 0 Å². The first-order valence-electron chi connectivity index (χ1n) is 7.85. The minimum Gasteiger partial charge on any atom is -0.508 e. The first-order valence-corrected chi connectivity index (χ1v) is 7.85. The number of rotatable bonds is 1. The Kier molecular flexibility index (Phi) is 2.98. The van der Waals surface area contributed by atoms with Crippen molar-refractivity contribution in [1.82, 2.24) is 4.57 Å². The Morgan fingerprint density at radius 1 is 1.00 bits per heavy atom. The van der Waals surface area contributed by atoms with Crippen molar-refractivity contribution in [3.63, 3.8) is 0 Å². The van der Waals surface area contributed by atoms with Crippen LogP contribution >= 0.6 is 0 Å². The summed E-state index contributed by atoms with van der Waals surface area (Å²) in [5.41, 5.74) is 6.25. The van der Waals surface area contributed by atoms with E-state index in [1.165, 1.54) is 33.4 Å². The zero-order chi connectivity index (χ0) is 16.1. The Hall–Kier alpha value is -2.68. The van der Waals surface area contributed by atoms with Crippen LogP contribution < -0.4 is 4.90 Å². The molecular weight excluding hydrogens is 284 g/mol. The number of fused-ring (bicyclic) bond motifs is 3. The van der Waals surface area contributed by atoms with Gasteiger partial charge in [0, 0.05) is 31.6 Å². The summed E-state index contributed by atoms with van der Waals surface area (Å²) in [7, 11) is 4.27. The van der Waals surface area contributed by atoms with E-state index in [0.717, 1.165) is 12.1 Å². The van der Waals surface area contributed by atoms with Gasteiger partial charge in [-0.05, 0) is 48.4 Å². The number of nitrogens with zero attached hydrogens (tertiary/aromatic N) is 2. The van der Waals surface area contributed by atoms with Crippen molar-refractivity contribution in [2.24, 2.45) is 7.05 Å². The summed E-state index contributed by atoms with van der Waals surface area (Å²) in [5, 5.41) is 10.8. The lowest BCUT2D eigenvalue weighted by Gasteiger charge is -2.27. The Morgan fingerprint density at radius 2 is 1.74 bits per heavy atom. The topological polar surface area (TPSA) is 28.4 Å². The number of aromatic hydroxyl groups is 1. The highest BCUT2D eigenvalue weighted by molar-refractivity contribution is 6.03. The molecule has 1 aromatic heterocycles. The number of aromatic nitrogens is 1. The molecule has 3 heteroatoms. The van der Waals surface area contributed by atoms with Crippen molar-refractivity contribution >= 4 is 28.4 Å². The normalized spacial score (nSPS) is 14.0. The quantitative estimate of drug-likeness (QED) is 0.730. The molecule has 0 spiro atoms. The second-order valence-electron chi connectivity index (χ2n) is 6.39. The molecule has 0 unspecified atom stereocenters. The number of hydrogen-bond donors (Lipinski definition) is 1. The lowest BCUT2D eigenvalue weighted by molar-refractivity contribution is 0.475. The van der Waals surface area contributed by atoms with Crippen LogP contribution in [0.15, 0.2) is 42.5 Å². The minimum absolute atomic E-state index is 0.306. The highest BCUT2D eigenvalue weighted by Crippen LogP contribution is 2.39. The zero-order valence-corrected chi connectivity index (χ0v) is 13.7. The van der Waals surface area contributed by atoms with Crippen LogP contribution in [0, 0.1) is 6.92 Å². The van der Waals surface area contributed by atoms with Gasteiger partial charge in [0.05, 0.1) is 5.52 Å². The third kappa shape index (κ3) is 2.12. The summed E-state index contributed by atoms with van der Waals surface area (Å²) >= 11 is 0. The fourth-order valence-corrected chi connectivity index (χ4v) is 3.58. The van der Waals surface area contributed by atoms with Crippen molar-refractivity contribution in [2.45, 2.75) is 6.92 Å². The second kappa shape index (κ2) is 4.92. The molecule has 0 aliphatic carbocycles. The summed E-state index contributed by atoms with van der Waals surface area (Å²) in [6.45, 7) is 3.00. The number of aryl methyl sites for hydroxylation is 2.